The van der Waals surface area contributed by atoms with E-state index in [9.17, 15) is 4.79 Å². The van der Waals surface area contributed by atoms with Crippen molar-refractivity contribution in [2.45, 2.75) is 6.92 Å². The van der Waals surface area contributed by atoms with Gasteiger partial charge in [-0.05, 0) is 24.6 Å². The van der Waals surface area contributed by atoms with Crippen LogP contribution in [0.5, 0.6) is 0 Å². The summed E-state index contributed by atoms with van der Waals surface area (Å²) in [6.07, 6.45) is 1.73. The van der Waals surface area contributed by atoms with Crippen molar-refractivity contribution in [2.75, 3.05) is 6.54 Å². The zero-order valence-electron chi connectivity index (χ0n) is 9.44. The number of amides is 1. The minimum absolute atomic E-state index is 0.0801. The Balaban J connectivity index is 2.38. The van der Waals surface area contributed by atoms with Crippen LogP contribution in [0.4, 0.5) is 0 Å². The van der Waals surface area contributed by atoms with Crippen LogP contribution >= 0.6 is 47.2 Å². The first-order valence-electron chi connectivity index (χ1n) is 5.24. The van der Waals surface area contributed by atoms with E-state index in [1.54, 1.807) is 23.1 Å². The molecule has 2 rings (SSSR count). The zero-order chi connectivity index (χ0) is 13.3. The average Bonchev–Trinajstić information content (AvgIpc) is 2.60. The van der Waals surface area contributed by atoms with Crippen LogP contribution < -0.4 is 0 Å². The number of halogens is 2. The Bertz CT molecular complexity index is 557. The van der Waals surface area contributed by atoms with Crippen LogP contribution in [0.3, 0.4) is 0 Å². The van der Waals surface area contributed by atoms with E-state index in [-0.39, 0.29) is 5.91 Å². The maximum absolute atomic E-state index is 12.0. The van der Waals surface area contributed by atoms with Crippen molar-refractivity contribution >= 4 is 63.5 Å². The fraction of sp³-hybridized carbons (Fsp3) is 0.167. The fourth-order valence-corrected chi connectivity index (χ4v) is 3.28. The molecule has 1 aliphatic rings. The SMILES string of the molecule is CCN1C(=O)C(=Cc2cccc(Cl)c2Cl)SC1=S. The number of nitrogens with zero attached hydrogens (tertiary/aromatic N) is 1. The fourth-order valence-electron chi connectivity index (χ4n) is 1.55. The average molecular weight is 318 g/mol. The molecule has 18 heavy (non-hydrogen) atoms. The lowest BCUT2D eigenvalue weighted by Crippen LogP contribution is -2.27. The van der Waals surface area contributed by atoms with E-state index >= 15 is 0 Å². The van der Waals surface area contributed by atoms with Crippen molar-refractivity contribution in [3.63, 3.8) is 0 Å². The summed E-state index contributed by atoms with van der Waals surface area (Å²) in [7, 11) is 0. The smallest absolute Gasteiger partial charge is 0.266 e. The van der Waals surface area contributed by atoms with E-state index in [4.69, 9.17) is 35.4 Å². The molecule has 1 heterocycles. The number of rotatable bonds is 2. The minimum atomic E-state index is -0.0801. The normalized spacial score (nSPS) is 17.9. The van der Waals surface area contributed by atoms with Gasteiger partial charge in [-0.15, -0.1) is 0 Å². The molecule has 1 amide bonds. The molecule has 0 bridgehead atoms. The highest BCUT2D eigenvalue weighted by Crippen LogP contribution is 2.34. The summed E-state index contributed by atoms with van der Waals surface area (Å²) in [4.78, 5) is 14.2. The van der Waals surface area contributed by atoms with Crippen molar-refractivity contribution in [3.05, 3.63) is 38.7 Å². The summed E-state index contributed by atoms with van der Waals surface area (Å²) in [6, 6.07) is 5.31. The van der Waals surface area contributed by atoms with E-state index in [1.165, 1.54) is 11.8 Å². The molecule has 0 N–H and O–H groups in total. The predicted molar refractivity (Wildman–Crippen MR) is 82.0 cm³/mol. The third-order valence-electron chi connectivity index (χ3n) is 2.46. The molecule has 0 unspecified atom stereocenters. The highest BCUT2D eigenvalue weighted by Gasteiger charge is 2.30. The van der Waals surface area contributed by atoms with Gasteiger partial charge >= 0.3 is 0 Å². The maximum Gasteiger partial charge on any atom is 0.266 e. The first-order chi connectivity index (χ1) is 8.54. The molecule has 1 saturated heterocycles. The Morgan fingerprint density at radius 2 is 2.17 bits per heavy atom. The second-order valence-corrected chi connectivity index (χ2v) is 6.03. The Hall–Kier alpha value is -0.550. The van der Waals surface area contributed by atoms with Gasteiger partial charge < -0.3 is 0 Å². The molecule has 6 heteroatoms. The summed E-state index contributed by atoms with van der Waals surface area (Å²) in [5.74, 6) is -0.0801. The predicted octanol–water partition coefficient (Wildman–Crippen LogP) is 4.21. The van der Waals surface area contributed by atoms with Crippen molar-refractivity contribution in [2.24, 2.45) is 0 Å². The monoisotopic (exact) mass is 317 g/mol. The summed E-state index contributed by atoms with van der Waals surface area (Å²) < 4.78 is 0.576. The van der Waals surface area contributed by atoms with Gasteiger partial charge in [0.15, 0.2) is 0 Å². The highest BCUT2D eigenvalue weighted by atomic mass is 35.5. The molecule has 1 aromatic rings. The van der Waals surface area contributed by atoms with E-state index in [1.807, 2.05) is 13.0 Å². The van der Waals surface area contributed by atoms with E-state index in [0.717, 1.165) is 5.56 Å². The lowest BCUT2D eigenvalue weighted by Gasteiger charge is -2.09. The second kappa shape index (κ2) is 5.61. The molecular weight excluding hydrogens is 309 g/mol. The second-order valence-electron chi connectivity index (χ2n) is 3.57. The van der Waals surface area contributed by atoms with Gasteiger partial charge in [-0.1, -0.05) is 59.3 Å². The van der Waals surface area contributed by atoms with E-state index in [2.05, 4.69) is 0 Å². The van der Waals surface area contributed by atoms with Gasteiger partial charge in [-0.3, -0.25) is 9.69 Å². The van der Waals surface area contributed by atoms with Gasteiger partial charge in [0, 0.05) is 6.54 Å². The number of likely N-dealkylation sites (N-methyl/N-ethyl adjacent to an activating group) is 1. The van der Waals surface area contributed by atoms with Gasteiger partial charge in [0.05, 0.1) is 15.0 Å². The number of hydrogen-bond donors (Lipinski definition) is 0. The van der Waals surface area contributed by atoms with Crippen LogP contribution in [0.2, 0.25) is 10.0 Å². The van der Waals surface area contributed by atoms with Crippen molar-refractivity contribution < 1.29 is 4.79 Å². The zero-order valence-corrected chi connectivity index (χ0v) is 12.6. The third-order valence-corrected chi connectivity index (χ3v) is 4.67. The maximum atomic E-state index is 12.0. The van der Waals surface area contributed by atoms with Crippen molar-refractivity contribution in [1.82, 2.24) is 4.90 Å². The van der Waals surface area contributed by atoms with Crippen LogP contribution in [-0.2, 0) is 4.79 Å². The standard InChI is InChI=1S/C12H9Cl2NOS2/c1-2-15-11(16)9(18-12(15)17)6-7-4-3-5-8(13)10(7)14/h3-6H,2H2,1H3. The van der Waals surface area contributed by atoms with Crippen molar-refractivity contribution in [3.8, 4) is 0 Å². The van der Waals surface area contributed by atoms with Crippen LogP contribution in [-0.4, -0.2) is 21.7 Å². The van der Waals surface area contributed by atoms with Gasteiger partial charge in [0.25, 0.3) is 5.91 Å². The molecule has 1 aliphatic heterocycles. The number of hydrogen-bond acceptors (Lipinski definition) is 3. The van der Waals surface area contributed by atoms with E-state index in [0.29, 0.717) is 25.8 Å². The van der Waals surface area contributed by atoms with E-state index < -0.39 is 0 Å². The lowest BCUT2D eigenvalue weighted by atomic mass is 10.2. The Morgan fingerprint density at radius 1 is 1.44 bits per heavy atom. The molecule has 0 spiro atoms. The Kier molecular flexibility index (Phi) is 4.33. The molecule has 0 aliphatic carbocycles. The highest BCUT2D eigenvalue weighted by molar-refractivity contribution is 8.26. The number of carbonyl (C=O) groups is 1. The number of thioether (sulfide) groups is 1. The Morgan fingerprint density at radius 3 is 2.78 bits per heavy atom. The molecule has 0 saturated carbocycles. The molecule has 2 nitrogen and oxygen atoms in total. The van der Waals surface area contributed by atoms with Crippen LogP contribution in [0.15, 0.2) is 23.1 Å². The number of carbonyl (C=O) groups excluding carboxylic acids is 1. The third kappa shape index (κ3) is 2.57. The first kappa shape index (κ1) is 13.9. The summed E-state index contributed by atoms with van der Waals surface area (Å²) in [5.41, 5.74) is 0.723. The van der Waals surface area contributed by atoms with Crippen molar-refractivity contribution in [1.29, 1.82) is 0 Å². The summed E-state index contributed by atoms with van der Waals surface area (Å²) >= 11 is 18.4. The lowest BCUT2D eigenvalue weighted by molar-refractivity contribution is -0.121. The van der Waals surface area contributed by atoms with Crippen LogP contribution in [0.25, 0.3) is 6.08 Å². The van der Waals surface area contributed by atoms with Gasteiger partial charge in [-0.25, -0.2) is 0 Å². The molecule has 0 aromatic heterocycles. The van der Waals surface area contributed by atoms with Gasteiger partial charge in [-0.2, -0.15) is 0 Å². The van der Waals surface area contributed by atoms with Gasteiger partial charge in [0.2, 0.25) is 0 Å². The number of thiocarbonyl (C=S) groups is 1. The van der Waals surface area contributed by atoms with Crippen LogP contribution in [0.1, 0.15) is 12.5 Å². The molecule has 1 fully saturated rings. The molecule has 0 atom stereocenters. The first-order valence-corrected chi connectivity index (χ1v) is 7.22. The minimum Gasteiger partial charge on any atom is -0.293 e. The topological polar surface area (TPSA) is 20.3 Å². The molecule has 1 aromatic carbocycles. The summed E-state index contributed by atoms with van der Waals surface area (Å²) in [6.45, 7) is 2.46. The Labute approximate surface area is 125 Å². The quantitative estimate of drug-likeness (QED) is 0.602. The molecular formula is C12H9Cl2NOS2. The van der Waals surface area contributed by atoms with Crippen LogP contribution in [0, 0.1) is 0 Å². The largest absolute Gasteiger partial charge is 0.293 e. The molecule has 94 valence electrons. The molecule has 0 radical (unpaired) electrons. The van der Waals surface area contributed by atoms with Gasteiger partial charge in [0.1, 0.15) is 4.32 Å². The number of benzene rings is 1. The summed E-state index contributed by atoms with van der Waals surface area (Å²) in [5, 5.41) is 0.914.